The minimum atomic E-state index is -3.52. The van der Waals surface area contributed by atoms with Crippen LogP contribution < -0.4 is 5.32 Å². The monoisotopic (exact) mass is 272 g/mol. The summed E-state index contributed by atoms with van der Waals surface area (Å²) in [6, 6.07) is 3.83. The van der Waals surface area contributed by atoms with Crippen molar-refractivity contribution in [2.45, 2.75) is 24.8 Å². The van der Waals surface area contributed by atoms with Crippen molar-refractivity contribution in [2.75, 3.05) is 19.6 Å². The molecule has 1 aromatic carbocycles. The first-order valence-electron chi connectivity index (χ1n) is 5.91. The molecule has 1 aliphatic rings. The Morgan fingerprint density at radius 1 is 1.44 bits per heavy atom. The SMILES string of the molecule is Cc1cc(S(=O)(=O)N2CCNCC2C)ccc1F. The molecular weight excluding hydrogens is 255 g/mol. The van der Waals surface area contributed by atoms with E-state index in [2.05, 4.69) is 5.32 Å². The number of hydrogen-bond donors (Lipinski definition) is 1. The predicted octanol–water partition coefficient (Wildman–Crippen LogP) is 1.12. The lowest BCUT2D eigenvalue weighted by Crippen LogP contribution is -2.52. The molecule has 1 N–H and O–H groups in total. The number of rotatable bonds is 2. The van der Waals surface area contributed by atoms with Gasteiger partial charge in [0, 0.05) is 25.7 Å². The minimum absolute atomic E-state index is 0.0888. The van der Waals surface area contributed by atoms with Crippen LogP contribution in [0.4, 0.5) is 4.39 Å². The van der Waals surface area contributed by atoms with E-state index in [-0.39, 0.29) is 16.8 Å². The van der Waals surface area contributed by atoms with E-state index in [1.54, 1.807) is 6.92 Å². The Balaban J connectivity index is 2.37. The molecule has 18 heavy (non-hydrogen) atoms. The van der Waals surface area contributed by atoms with Crippen molar-refractivity contribution in [3.63, 3.8) is 0 Å². The third-order valence-corrected chi connectivity index (χ3v) is 5.19. The van der Waals surface area contributed by atoms with Crippen LogP contribution in [0.15, 0.2) is 23.1 Å². The van der Waals surface area contributed by atoms with Crippen molar-refractivity contribution in [2.24, 2.45) is 0 Å². The topological polar surface area (TPSA) is 49.4 Å². The molecule has 1 fully saturated rings. The van der Waals surface area contributed by atoms with Gasteiger partial charge < -0.3 is 5.32 Å². The number of nitrogens with zero attached hydrogens (tertiary/aromatic N) is 1. The van der Waals surface area contributed by atoms with Gasteiger partial charge in [-0.2, -0.15) is 4.31 Å². The van der Waals surface area contributed by atoms with Crippen LogP contribution in [-0.2, 0) is 10.0 Å². The lowest BCUT2D eigenvalue weighted by Gasteiger charge is -2.32. The smallest absolute Gasteiger partial charge is 0.243 e. The molecular formula is C12H17FN2O2S. The summed E-state index contributed by atoms with van der Waals surface area (Å²) < 4.78 is 39.5. The second-order valence-electron chi connectivity index (χ2n) is 4.58. The molecule has 0 aliphatic carbocycles. The van der Waals surface area contributed by atoms with Crippen LogP contribution in [0.5, 0.6) is 0 Å². The summed E-state index contributed by atoms with van der Waals surface area (Å²) >= 11 is 0. The molecule has 0 bridgehead atoms. The molecule has 6 heteroatoms. The van der Waals surface area contributed by atoms with Crippen molar-refractivity contribution in [3.05, 3.63) is 29.6 Å². The molecule has 0 amide bonds. The van der Waals surface area contributed by atoms with Crippen LogP contribution in [0.25, 0.3) is 0 Å². The number of benzene rings is 1. The molecule has 100 valence electrons. The Morgan fingerprint density at radius 2 is 2.17 bits per heavy atom. The van der Waals surface area contributed by atoms with E-state index in [9.17, 15) is 12.8 Å². The summed E-state index contributed by atoms with van der Waals surface area (Å²) in [6.07, 6.45) is 0. The van der Waals surface area contributed by atoms with Gasteiger partial charge in [0.2, 0.25) is 10.0 Å². The standard InChI is InChI=1S/C12H17FN2O2S/c1-9-7-11(3-4-12(9)13)18(16,17)15-6-5-14-8-10(15)2/h3-4,7,10,14H,5-6,8H2,1-2H3. The summed E-state index contributed by atoms with van der Waals surface area (Å²) in [5, 5.41) is 3.14. The third kappa shape index (κ3) is 2.41. The molecule has 1 aromatic rings. The second-order valence-corrected chi connectivity index (χ2v) is 6.47. The average Bonchev–Trinajstić information content (AvgIpc) is 2.33. The van der Waals surface area contributed by atoms with Gasteiger partial charge in [-0.15, -0.1) is 0 Å². The quantitative estimate of drug-likeness (QED) is 0.877. The van der Waals surface area contributed by atoms with Crippen molar-refractivity contribution in [1.29, 1.82) is 0 Å². The van der Waals surface area contributed by atoms with Crippen LogP contribution >= 0.6 is 0 Å². The highest BCUT2D eigenvalue weighted by Gasteiger charge is 2.30. The van der Waals surface area contributed by atoms with Crippen molar-refractivity contribution in [3.8, 4) is 0 Å². The normalized spacial score (nSPS) is 22.1. The number of sulfonamides is 1. The second kappa shape index (κ2) is 4.95. The molecule has 0 saturated carbocycles. The highest BCUT2D eigenvalue weighted by Crippen LogP contribution is 2.21. The predicted molar refractivity (Wildman–Crippen MR) is 67.4 cm³/mol. The van der Waals surface area contributed by atoms with Gasteiger partial charge in [-0.25, -0.2) is 12.8 Å². The molecule has 0 spiro atoms. The van der Waals surface area contributed by atoms with Gasteiger partial charge >= 0.3 is 0 Å². The number of aryl methyl sites for hydroxylation is 1. The zero-order valence-corrected chi connectivity index (χ0v) is 11.3. The van der Waals surface area contributed by atoms with E-state index in [1.807, 2.05) is 6.92 Å². The Morgan fingerprint density at radius 3 is 2.78 bits per heavy atom. The number of halogens is 1. The maximum absolute atomic E-state index is 13.2. The summed E-state index contributed by atoms with van der Waals surface area (Å²) in [5.41, 5.74) is 0.346. The lowest BCUT2D eigenvalue weighted by molar-refractivity contribution is 0.284. The largest absolute Gasteiger partial charge is 0.314 e. The zero-order chi connectivity index (χ0) is 13.3. The fraction of sp³-hybridized carbons (Fsp3) is 0.500. The fourth-order valence-electron chi connectivity index (χ4n) is 2.09. The van der Waals surface area contributed by atoms with E-state index < -0.39 is 10.0 Å². The van der Waals surface area contributed by atoms with E-state index in [4.69, 9.17) is 0 Å². The van der Waals surface area contributed by atoms with Crippen LogP contribution in [0.1, 0.15) is 12.5 Å². The minimum Gasteiger partial charge on any atom is -0.314 e. The third-order valence-electron chi connectivity index (χ3n) is 3.18. The fourth-order valence-corrected chi connectivity index (χ4v) is 3.81. The van der Waals surface area contributed by atoms with Gasteiger partial charge in [-0.1, -0.05) is 0 Å². The highest BCUT2D eigenvalue weighted by atomic mass is 32.2. The van der Waals surface area contributed by atoms with E-state index in [0.717, 1.165) is 0 Å². The molecule has 0 radical (unpaired) electrons. The Bertz CT molecular complexity index is 545. The molecule has 1 atom stereocenters. The molecule has 1 unspecified atom stereocenters. The van der Waals surface area contributed by atoms with E-state index >= 15 is 0 Å². The number of hydrogen-bond acceptors (Lipinski definition) is 3. The van der Waals surface area contributed by atoms with E-state index in [0.29, 0.717) is 25.2 Å². The maximum Gasteiger partial charge on any atom is 0.243 e. The Hall–Kier alpha value is -0.980. The molecule has 1 aliphatic heterocycles. The summed E-state index contributed by atoms with van der Waals surface area (Å²) in [7, 11) is -3.52. The van der Waals surface area contributed by atoms with Crippen LogP contribution in [-0.4, -0.2) is 38.4 Å². The van der Waals surface area contributed by atoms with Crippen LogP contribution in [0.3, 0.4) is 0 Å². The number of nitrogens with one attached hydrogen (secondary N) is 1. The van der Waals surface area contributed by atoms with Crippen molar-refractivity contribution >= 4 is 10.0 Å². The van der Waals surface area contributed by atoms with Crippen molar-refractivity contribution in [1.82, 2.24) is 9.62 Å². The zero-order valence-electron chi connectivity index (χ0n) is 10.5. The Kier molecular flexibility index (Phi) is 3.70. The van der Waals surface area contributed by atoms with Gasteiger partial charge in [0.15, 0.2) is 0 Å². The van der Waals surface area contributed by atoms with Crippen LogP contribution in [0.2, 0.25) is 0 Å². The summed E-state index contributed by atoms with van der Waals surface area (Å²) in [6.45, 7) is 5.15. The maximum atomic E-state index is 13.2. The summed E-state index contributed by atoms with van der Waals surface area (Å²) in [5.74, 6) is -0.387. The number of piperazine rings is 1. The summed E-state index contributed by atoms with van der Waals surface area (Å²) in [4.78, 5) is 0.162. The van der Waals surface area contributed by atoms with Gasteiger partial charge in [0.1, 0.15) is 5.82 Å². The van der Waals surface area contributed by atoms with Crippen LogP contribution in [0, 0.1) is 12.7 Å². The van der Waals surface area contributed by atoms with Gasteiger partial charge in [0.05, 0.1) is 4.90 Å². The first kappa shape index (κ1) is 13.5. The van der Waals surface area contributed by atoms with Gasteiger partial charge in [-0.3, -0.25) is 0 Å². The molecule has 2 rings (SSSR count). The molecule has 0 aromatic heterocycles. The Labute approximate surface area is 107 Å². The lowest BCUT2D eigenvalue weighted by atomic mass is 10.2. The van der Waals surface area contributed by atoms with Crippen molar-refractivity contribution < 1.29 is 12.8 Å². The first-order chi connectivity index (χ1) is 8.43. The van der Waals surface area contributed by atoms with E-state index in [1.165, 1.54) is 22.5 Å². The van der Waals surface area contributed by atoms with Gasteiger partial charge in [0.25, 0.3) is 0 Å². The van der Waals surface area contributed by atoms with Gasteiger partial charge in [-0.05, 0) is 37.6 Å². The highest BCUT2D eigenvalue weighted by molar-refractivity contribution is 7.89. The molecule has 1 saturated heterocycles. The average molecular weight is 272 g/mol. The molecule has 4 nitrogen and oxygen atoms in total. The first-order valence-corrected chi connectivity index (χ1v) is 7.35. The molecule has 1 heterocycles.